The average molecular weight is 1100 g/mol. The quantitative estimate of drug-likeness (QED) is 0.0261. The second-order valence-corrected chi connectivity index (χ2v) is 23.6. The van der Waals surface area contributed by atoms with E-state index in [0.717, 1.165) is 51.4 Å². The molecule has 7 atom stereocenters. The highest BCUT2D eigenvalue weighted by Gasteiger charge is 2.44. The molecule has 1 heterocycles. The third-order valence-electron chi connectivity index (χ3n) is 16.1. The SMILES string of the molecule is CCCCCCCC/C=C/CC/C=C/CC/C=C/C(O)C(COC1OC(CO)C(O)C(O)C1O)NC(=O)CCCCCCCCCCCCCCCCCCC/C=C\CCCCCCCCCCCCCCCCCCCC. The smallest absolute Gasteiger partial charge is 0.220 e. The van der Waals surface area contributed by atoms with Crippen molar-refractivity contribution in [3.8, 4) is 0 Å². The normalized spacial score (nSPS) is 18.9. The number of allylic oxidation sites excluding steroid dienone is 7. The van der Waals surface area contributed by atoms with Gasteiger partial charge in [-0.25, -0.2) is 0 Å². The molecule has 6 N–H and O–H groups in total. The van der Waals surface area contributed by atoms with E-state index < -0.39 is 49.5 Å². The molecule has 0 aromatic carbocycles. The minimum atomic E-state index is -1.58. The first kappa shape index (κ1) is 74.2. The van der Waals surface area contributed by atoms with Gasteiger partial charge in [-0.15, -0.1) is 0 Å². The Kier molecular flexibility index (Phi) is 55.5. The van der Waals surface area contributed by atoms with E-state index in [2.05, 4.69) is 55.6 Å². The van der Waals surface area contributed by atoms with E-state index in [1.165, 1.54) is 257 Å². The lowest BCUT2D eigenvalue weighted by Gasteiger charge is -2.40. The fourth-order valence-corrected chi connectivity index (χ4v) is 10.8. The summed E-state index contributed by atoms with van der Waals surface area (Å²) in [6.45, 7) is 3.78. The summed E-state index contributed by atoms with van der Waals surface area (Å²) >= 11 is 0. The highest BCUT2D eigenvalue weighted by molar-refractivity contribution is 5.76. The number of carbonyl (C=O) groups is 1. The van der Waals surface area contributed by atoms with E-state index in [4.69, 9.17) is 9.47 Å². The monoisotopic (exact) mass is 1100 g/mol. The van der Waals surface area contributed by atoms with Gasteiger partial charge in [-0.2, -0.15) is 0 Å². The molecule has 7 unspecified atom stereocenters. The largest absolute Gasteiger partial charge is 0.394 e. The molecule has 0 radical (unpaired) electrons. The lowest BCUT2D eigenvalue weighted by Crippen LogP contribution is -2.60. The van der Waals surface area contributed by atoms with Crippen LogP contribution in [-0.2, 0) is 14.3 Å². The molecule has 458 valence electrons. The predicted octanol–water partition coefficient (Wildman–Crippen LogP) is 18.0. The van der Waals surface area contributed by atoms with Crippen molar-refractivity contribution in [1.29, 1.82) is 0 Å². The molecule has 1 aliphatic rings. The number of aliphatic hydroxyl groups excluding tert-OH is 5. The topological polar surface area (TPSA) is 149 Å². The Morgan fingerprint density at radius 3 is 1.08 bits per heavy atom. The molecule has 0 spiro atoms. The second kappa shape index (κ2) is 58.4. The highest BCUT2D eigenvalue weighted by Crippen LogP contribution is 2.23. The van der Waals surface area contributed by atoms with Gasteiger partial charge >= 0.3 is 0 Å². The zero-order valence-corrected chi connectivity index (χ0v) is 51.2. The summed E-state index contributed by atoms with van der Waals surface area (Å²) < 4.78 is 11.3. The molecule has 1 rings (SSSR count). The van der Waals surface area contributed by atoms with Crippen molar-refractivity contribution in [3.63, 3.8) is 0 Å². The Hall–Kier alpha value is -1.85. The molecule has 0 aromatic heterocycles. The number of hydrogen-bond donors (Lipinski definition) is 6. The van der Waals surface area contributed by atoms with Crippen molar-refractivity contribution in [3.05, 3.63) is 48.6 Å². The van der Waals surface area contributed by atoms with Crippen molar-refractivity contribution >= 4 is 5.91 Å². The minimum absolute atomic E-state index is 0.187. The van der Waals surface area contributed by atoms with Gasteiger partial charge in [-0.1, -0.05) is 300 Å². The zero-order valence-electron chi connectivity index (χ0n) is 51.2. The Labute approximate surface area is 482 Å². The third-order valence-corrected chi connectivity index (χ3v) is 16.1. The van der Waals surface area contributed by atoms with Crippen molar-refractivity contribution in [2.24, 2.45) is 0 Å². The van der Waals surface area contributed by atoms with Crippen LogP contribution in [0.5, 0.6) is 0 Å². The molecular formula is C69H129NO8. The predicted molar refractivity (Wildman–Crippen MR) is 332 cm³/mol. The first-order chi connectivity index (χ1) is 38.3. The first-order valence-corrected chi connectivity index (χ1v) is 33.9. The summed E-state index contributed by atoms with van der Waals surface area (Å²) in [4.78, 5) is 13.1. The summed E-state index contributed by atoms with van der Waals surface area (Å²) in [6, 6.07) is -0.828. The summed E-state index contributed by atoms with van der Waals surface area (Å²) in [5.74, 6) is -0.187. The van der Waals surface area contributed by atoms with Crippen molar-refractivity contribution in [2.45, 2.75) is 371 Å². The van der Waals surface area contributed by atoms with E-state index in [1.807, 2.05) is 6.08 Å². The maximum absolute atomic E-state index is 13.1. The minimum Gasteiger partial charge on any atom is -0.394 e. The average Bonchev–Trinajstić information content (AvgIpc) is 3.45. The molecule has 1 aliphatic heterocycles. The van der Waals surface area contributed by atoms with Crippen LogP contribution in [0.4, 0.5) is 0 Å². The molecule has 78 heavy (non-hydrogen) atoms. The second-order valence-electron chi connectivity index (χ2n) is 23.6. The van der Waals surface area contributed by atoms with Gasteiger partial charge in [0, 0.05) is 6.42 Å². The Balaban J connectivity index is 2.06. The van der Waals surface area contributed by atoms with Crippen LogP contribution in [0.25, 0.3) is 0 Å². The number of aliphatic hydroxyl groups is 5. The number of rotatable bonds is 59. The van der Waals surface area contributed by atoms with Gasteiger partial charge in [0.15, 0.2) is 6.29 Å². The molecule has 0 aromatic rings. The lowest BCUT2D eigenvalue weighted by molar-refractivity contribution is -0.302. The van der Waals surface area contributed by atoms with E-state index >= 15 is 0 Å². The van der Waals surface area contributed by atoms with Crippen LogP contribution in [0, 0.1) is 0 Å². The highest BCUT2D eigenvalue weighted by atomic mass is 16.7. The van der Waals surface area contributed by atoms with Gasteiger partial charge < -0.3 is 40.3 Å². The fourth-order valence-electron chi connectivity index (χ4n) is 10.8. The van der Waals surface area contributed by atoms with E-state index in [1.54, 1.807) is 6.08 Å². The zero-order chi connectivity index (χ0) is 56.5. The molecule has 1 amide bonds. The number of ether oxygens (including phenoxy) is 2. The van der Waals surface area contributed by atoms with Crippen LogP contribution < -0.4 is 5.32 Å². The van der Waals surface area contributed by atoms with Gasteiger partial charge in [-0.3, -0.25) is 4.79 Å². The lowest BCUT2D eigenvalue weighted by atomic mass is 9.99. The molecule has 0 saturated carbocycles. The van der Waals surface area contributed by atoms with Gasteiger partial charge in [0.1, 0.15) is 24.4 Å². The number of unbranched alkanes of at least 4 members (excludes halogenated alkanes) is 43. The first-order valence-electron chi connectivity index (χ1n) is 33.9. The fraction of sp³-hybridized carbons (Fsp3) is 0.870. The Bertz CT molecular complexity index is 1370. The van der Waals surface area contributed by atoms with Crippen molar-refractivity contribution < 1.29 is 39.8 Å². The summed E-state index contributed by atoms with van der Waals surface area (Å²) in [7, 11) is 0. The molecular weight excluding hydrogens is 971 g/mol. The standard InChI is InChI=1S/C69H129NO8/c1-3-5-7-9-11-13-15-17-19-21-22-23-24-25-26-27-28-29-30-31-32-33-34-35-36-37-38-39-40-41-42-43-45-47-49-51-53-55-57-59-65(73)70-62(61-77-69-68(76)67(75)66(74)64(60-71)78-69)63(72)58-56-54-52-50-48-46-44-20-18-16-14-12-10-8-6-4-2/h18,20,31-32,48,50,56,58,62-64,66-69,71-72,74-76H,3-17,19,21-30,33-47,49,51-55,57,59-61H2,1-2H3,(H,70,73)/b20-18+,32-31-,50-48+,58-56+. The maximum Gasteiger partial charge on any atom is 0.220 e. The summed E-state index contributed by atoms with van der Waals surface area (Å²) in [5.41, 5.74) is 0. The van der Waals surface area contributed by atoms with Crippen LogP contribution in [0.1, 0.15) is 328 Å². The number of hydrogen-bond acceptors (Lipinski definition) is 8. The van der Waals surface area contributed by atoms with E-state index in [9.17, 15) is 30.3 Å². The molecule has 1 saturated heterocycles. The molecule has 0 bridgehead atoms. The summed E-state index contributed by atoms with van der Waals surface area (Å²) in [5, 5.41) is 54.5. The van der Waals surface area contributed by atoms with Gasteiger partial charge in [0.2, 0.25) is 5.91 Å². The van der Waals surface area contributed by atoms with Crippen molar-refractivity contribution in [1.82, 2.24) is 5.32 Å². The summed E-state index contributed by atoms with van der Waals surface area (Å²) in [6.07, 6.45) is 72.4. The van der Waals surface area contributed by atoms with Gasteiger partial charge in [-0.05, 0) is 70.6 Å². The molecule has 0 aliphatic carbocycles. The number of amides is 1. The number of carbonyl (C=O) groups excluding carboxylic acids is 1. The third kappa shape index (κ3) is 46.7. The molecule has 1 fully saturated rings. The van der Waals surface area contributed by atoms with Crippen LogP contribution in [0.15, 0.2) is 48.6 Å². The van der Waals surface area contributed by atoms with Crippen LogP contribution in [0.2, 0.25) is 0 Å². The maximum atomic E-state index is 13.1. The van der Waals surface area contributed by atoms with Gasteiger partial charge in [0.05, 0.1) is 25.4 Å². The van der Waals surface area contributed by atoms with Crippen LogP contribution >= 0.6 is 0 Å². The van der Waals surface area contributed by atoms with E-state index in [-0.39, 0.29) is 12.5 Å². The Morgan fingerprint density at radius 2 is 0.731 bits per heavy atom. The van der Waals surface area contributed by atoms with Crippen LogP contribution in [0.3, 0.4) is 0 Å². The number of nitrogens with one attached hydrogen (secondary N) is 1. The van der Waals surface area contributed by atoms with E-state index in [0.29, 0.717) is 6.42 Å². The van der Waals surface area contributed by atoms with Gasteiger partial charge in [0.25, 0.3) is 0 Å². The van der Waals surface area contributed by atoms with Crippen LogP contribution in [-0.4, -0.2) is 87.5 Å². The molecule has 9 heteroatoms. The van der Waals surface area contributed by atoms with Crippen molar-refractivity contribution in [2.75, 3.05) is 13.2 Å². The molecule has 9 nitrogen and oxygen atoms in total. The Morgan fingerprint density at radius 1 is 0.423 bits per heavy atom.